The second kappa shape index (κ2) is 12.4. The van der Waals surface area contributed by atoms with Crippen molar-refractivity contribution in [1.82, 2.24) is 9.55 Å². The lowest BCUT2D eigenvalue weighted by Crippen LogP contribution is -2.22. The van der Waals surface area contributed by atoms with Gasteiger partial charge in [-0.05, 0) is 4.93 Å². The van der Waals surface area contributed by atoms with Gasteiger partial charge in [-0.3, -0.25) is 0 Å². The zero-order valence-corrected chi connectivity index (χ0v) is 25.9. The summed E-state index contributed by atoms with van der Waals surface area (Å²) >= 11 is 48.5. The van der Waals surface area contributed by atoms with Gasteiger partial charge in [0.25, 0.3) is 0 Å². The van der Waals surface area contributed by atoms with E-state index in [0.717, 1.165) is 4.57 Å². The Morgan fingerprint density at radius 3 is 1.62 bits per heavy atom. The molecule has 4 rings (SSSR count). The number of hydrogen-bond acceptors (Lipinski definition) is 2. The fraction of sp³-hybridized carbons (Fsp3) is 0.263. The summed E-state index contributed by atoms with van der Waals surface area (Å²) in [5, 5.41) is -0.816. The highest BCUT2D eigenvalue weighted by Crippen LogP contribution is 2.49. The Bertz CT molecular complexity index is 1400. The van der Waals surface area contributed by atoms with Crippen LogP contribution >= 0.6 is 115 Å². The monoisotopic (exact) mass is 799 g/mol. The minimum Gasteiger partial charge on any atom is -0.322 e. The van der Waals surface area contributed by atoms with Crippen LogP contribution in [0.3, 0.4) is 0 Å². The molecule has 18 heteroatoms. The van der Waals surface area contributed by atoms with E-state index in [1.54, 1.807) is 0 Å². The Labute approximate surface area is 259 Å². The summed E-state index contributed by atoms with van der Waals surface area (Å²) in [6.45, 7) is 0. The third kappa shape index (κ3) is 6.59. The zero-order chi connectivity index (χ0) is 28.8. The molecule has 0 spiro atoms. The fourth-order valence-corrected chi connectivity index (χ4v) is 5.00. The molecule has 1 aromatic heterocycles. The molecule has 0 saturated heterocycles. The third-order valence-electron chi connectivity index (χ3n) is 4.60. The van der Waals surface area contributed by atoms with E-state index < -0.39 is 30.3 Å². The van der Waals surface area contributed by atoms with Crippen LogP contribution in [0, 0.1) is 0 Å². The summed E-state index contributed by atoms with van der Waals surface area (Å²) in [6, 6.07) is 0. The molecule has 37 heavy (non-hydrogen) atoms. The Kier molecular flexibility index (Phi) is 11.2. The molecule has 2 heterocycles. The molecule has 0 aliphatic carbocycles. The largest absolute Gasteiger partial charge is 0.449 e. The maximum Gasteiger partial charge on any atom is 0.449 e. The van der Waals surface area contributed by atoms with Crippen molar-refractivity contribution in [3.05, 3.63) is 51.6 Å². The number of imidazole rings is 1. The predicted molar refractivity (Wildman–Crippen MR) is 149 cm³/mol. The first-order chi connectivity index (χ1) is 16.9. The van der Waals surface area contributed by atoms with E-state index in [2.05, 4.69) is 32.6 Å². The van der Waals surface area contributed by atoms with E-state index in [-0.39, 0.29) is 62.5 Å². The van der Waals surface area contributed by atoms with Gasteiger partial charge in [-0.25, -0.2) is 9.98 Å². The van der Waals surface area contributed by atoms with Crippen LogP contribution in [-0.4, -0.2) is 26.4 Å². The molecule has 3 nitrogen and oxygen atoms in total. The number of rotatable bonds is 0. The van der Waals surface area contributed by atoms with Gasteiger partial charge in [-0.2, -0.15) is 26.3 Å². The number of halogens is 15. The summed E-state index contributed by atoms with van der Waals surface area (Å²) < 4.78 is 76.5. The Balaban J connectivity index is 0.000000244. The van der Waals surface area contributed by atoms with Gasteiger partial charge in [0.05, 0.1) is 51.4 Å². The topological polar surface area (TPSA) is 30.2 Å². The lowest BCUT2D eigenvalue weighted by atomic mass is 10.1. The molecule has 0 saturated carbocycles. The molecule has 0 unspecified atom stereocenters. The van der Waals surface area contributed by atoms with Gasteiger partial charge in [0, 0.05) is 19.0 Å². The van der Waals surface area contributed by atoms with Gasteiger partial charge in [0.1, 0.15) is 11.2 Å². The molecule has 1 aliphatic rings. The number of aliphatic imine (C=N–C) groups is 1. The first kappa shape index (κ1) is 33.4. The fourth-order valence-electron chi connectivity index (χ4n) is 3.01. The Hall–Kier alpha value is 0.210. The highest BCUT2D eigenvalue weighted by atomic mass is 127. The summed E-state index contributed by atoms with van der Waals surface area (Å²) in [4.78, 5) is 8.81. The smallest absolute Gasteiger partial charge is 0.322 e. The number of hydrogen-bond donors (Lipinski definition) is 0. The van der Waals surface area contributed by atoms with Gasteiger partial charge < -0.3 is 4.57 Å². The van der Waals surface area contributed by atoms with Crippen LogP contribution in [0.25, 0.3) is 11.0 Å². The second-order valence-corrected chi connectivity index (χ2v) is 9.79. The molecule has 204 valence electrons. The molecule has 1 aliphatic heterocycles. The molecule has 3 aromatic rings. The molecule has 2 aromatic carbocycles. The summed E-state index contributed by atoms with van der Waals surface area (Å²) in [5.74, 6) is -1.13. The quantitative estimate of drug-likeness (QED) is 0.0732. The van der Waals surface area contributed by atoms with Crippen molar-refractivity contribution >= 4 is 138 Å². The lowest BCUT2D eigenvalue weighted by molar-refractivity contribution is -0.146. The van der Waals surface area contributed by atoms with E-state index in [9.17, 15) is 26.3 Å². The van der Waals surface area contributed by atoms with E-state index in [1.807, 2.05) is 4.93 Å². The first-order valence-corrected chi connectivity index (χ1v) is 14.2. The average Bonchev–Trinajstić information content (AvgIpc) is 3.43. The number of nitrogens with zero attached hydrogens (tertiary/aromatic N) is 3. The van der Waals surface area contributed by atoms with Crippen LogP contribution in [0.5, 0.6) is 0 Å². The second-order valence-electron chi connectivity index (χ2n) is 6.76. The van der Waals surface area contributed by atoms with Crippen molar-refractivity contribution in [3.8, 4) is 0 Å². The Morgan fingerprint density at radius 1 is 0.676 bits per heavy atom. The van der Waals surface area contributed by atoms with E-state index in [1.165, 1.54) is 7.05 Å². The van der Waals surface area contributed by atoms with Crippen molar-refractivity contribution in [2.24, 2.45) is 12.0 Å². The van der Waals surface area contributed by atoms with Gasteiger partial charge in [-0.15, -0.1) is 0 Å². The van der Waals surface area contributed by atoms with Gasteiger partial charge in [0.15, 0.2) is 0 Å². The van der Waals surface area contributed by atoms with Crippen LogP contribution in [0.1, 0.15) is 11.4 Å². The predicted octanol–water partition coefficient (Wildman–Crippen LogP) is 11.7. The van der Waals surface area contributed by atoms with Crippen molar-refractivity contribution in [1.29, 1.82) is 0 Å². The molecule has 0 N–H and O–H groups in total. The summed E-state index contributed by atoms with van der Waals surface area (Å²) in [6.07, 6.45) is -9.60. The highest BCUT2D eigenvalue weighted by molar-refractivity contribution is 14.1. The van der Waals surface area contributed by atoms with Crippen molar-refractivity contribution in [2.45, 2.75) is 18.8 Å². The van der Waals surface area contributed by atoms with Crippen LogP contribution < -0.4 is 0 Å². The minimum atomic E-state index is -4.63. The Morgan fingerprint density at radius 2 is 1.14 bits per heavy atom. The van der Waals surface area contributed by atoms with Crippen LogP contribution in [-0.2, 0) is 19.6 Å². The lowest BCUT2D eigenvalue weighted by Gasteiger charge is -2.08. The SMILES string of the molecule is CI.Cn1c(C(F)(F)F)nc2c(Cl)c(Cl)c(Cl)c(Cl)c21.FC(F)(F)C1=Nc2c(Cl)c(Cl)c(Cl)c(Cl)c2C1. The first-order valence-electron chi connectivity index (χ1n) is 9.02. The molecule has 0 amide bonds. The van der Waals surface area contributed by atoms with Crippen molar-refractivity contribution < 1.29 is 26.3 Å². The van der Waals surface area contributed by atoms with Crippen LogP contribution in [0.2, 0.25) is 40.2 Å². The van der Waals surface area contributed by atoms with Crippen molar-refractivity contribution in [3.63, 3.8) is 0 Å². The molecule has 0 radical (unpaired) electrons. The molecular formula is C19H8Cl8F6IN3. The maximum absolute atomic E-state index is 12.7. The zero-order valence-electron chi connectivity index (χ0n) is 17.7. The van der Waals surface area contributed by atoms with E-state index in [4.69, 9.17) is 92.8 Å². The maximum atomic E-state index is 12.7. The van der Waals surface area contributed by atoms with Crippen LogP contribution in [0.4, 0.5) is 32.0 Å². The van der Waals surface area contributed by atoms with E-state index >= 15 is 0 Å². The summed E-state index contributed by atoms with van der Waals surface area (Å²) in [7, 11) is 1.17. The third-order valence-corrected chi connectivity index (χ3v) is 8.21. The van der Waals surface area contributed by atoms with E-state index in [0.29, 0.717) is 0 Å². The van der Waals surface area contributed by atoms with Crippen LogP contribution in [0.15, 0.2) is 4.99 Å². The van der Waals surface area contributed by atoms with Gasteiger partial charge in [0.2, 0.25) is 5.82 Å². The van der Waals surface area contributed by atoms with Gasteiger partial charge in [-0.1, -0.05) is 115 Å². The van der Waals surface area contributed by atoms with Crippen molar-refractivity contribution in [2.75, 3.05) is 4.93 Å². The molecule has 0 fully saturated rings. The standard InChI is InChI=1S/C9H3Cl4F3N2.C9H2Cl4F3N.CH3I/c1-18-7-5(13)3(11)2(10)4(12)6(7)17-8(18)9(14,15)16;10-4-2-1-3(9(14,15)16)17-8(2)7(13)6(12)5(4)11;1-2/h1H3;1H2;1H3. The number of aryl methyl sites for hydroxylation is 1. The molecule has 0 bridgehead atoms. The number of alkyl halides is 7. The normalized spacial score (nSPS) is 13.1. The number of aromatic nitrogens is 2. The molecular weight excluding hydrogens is 795 g/mol. The van der Waals surface area contributed by atoms with Gasteiger partial charge >= 0.3 is 12.4 Å². The minimum absolute atomic E-state index is 0.0107. The number of fused-ring (bicyclic) bond motifs is 2. The average molecular weight is 803 g/mol. The molecule has 0 atom stereocenters. The highest BCUT2D eigenvalue weighted by Gasteiger charge is 2.41. The number of benzene rings is 2. The summed E-state index contributed by atoms with van der Waals surface area (Å²) in [5.41, 5.74) is -1.01.